The zero-order valence-electron chi connectivity index (χ0n) is 13.0. The normalized spacial score (nSPS) is 12.2. The van der Waals surface area contributed by atoms with Gasteiger partial charge in [0.2, 0.25) is 6.41 Å². The molecular formula is C15H14N2O7S2. The molecule has 0 aliphatic heterocycles. The molecule has 0 saturated carbocycles. The number of anilines is 2. The summed E-state index contributed by atoms with van der Waals surface area (Å²) >= 11 is 0. The molecule has 0 aliphatic carbocycles. The Balaban J connectivity index is 2.44. The molecule has 2 rings (SSSR count). The predicted octanol–water partition coefficient (Wildman–Crippen LogP) is 1.50. The number of nitrogens with one attached hydrogen (secondary N) is 1. The van der Waals surface area contributed by atoms with Crippen LogP contribution in [0.25, 0.3) is 12.2 Å². The Hall–Kier alpha value is -2.73. The second-order valence-electron chi connectivity index (χ2n) is 5.10. The molecule has 0 bridgehead atoms. The monoisotopic (exact) mass is 398 g/mol. The van der Waals surface area contributed by atoms with Crippen LogP contribution in [0.15, 0.2) is 46.2 Å². The molecule has 2 aromatic carbocycles. The van der Waals surface area contributed by atoms with Gasteiger partial charge < -0.3 is 11.1 Å². The number of benzene rings is 2. The smallest absolute Gasteiger partial charge is 0.296 e. The molecule has 26 heavy (non-hydrogen) atoms. The minimum absolute atomic E-state index is 0.0965. The van der Waals surface area contributed by atoms with Gasteiger partial charge in [0.25, 0.3) is 20.2 Å². The van der Waals surface area contributed by atoms with E-state index in [0.29, 0.717) is 11.1 Å². The van der Waals surface area contributed by atoms with E-state index in [1.165, 1.54) is 36.4 Å². The molecule has 5 N–H and O–H groups in total. The third kappa shape index (κ3) is 4.67. The van der Waals surface area contributed by atoms with Crippen LogP contribution in [0, 0.1) is 0 Å². The lowest BCUT2D eigenvalue weighted by atomic mass is 10.1. The number of nitrogen functional groups attached to an aromatic ring is 1. The maximum Gasteiger partial charge on any atom is 0.296 e. The Kier molecular flexibility index (Phi) is 5.47. The van der Waals surface area contributed by atoms with Crippen LogP contribution in [0.1, 0.15) is 11.1 Å². The van der Waals surface area contributed by atoms with Gasteiger partial charge in [0.1, 0.15) is 9.79 Å². The molecule has 2 aromatic rings. The van der Waals surface area contributed by atoms with Gasteiger partial charge in [-0.1, -0.05) is 24.3 Å². The molecule has 9 nitrogen and oxygen atoms in total. The Morgan fingerprint density at radius 2 is 1.35 bits per heavy atom. The first kappa shape index (κ1) is 19.6. The van der Waals surface area contributed by atoms with Crippen molar-refractivity contribution in [2.75, 3.05) is 11.1 Å². The summed E-state index contributed by atoms with van der Waals surface area (Å²) in [6.45, 7) is 0. The highest BCUT2D eigenvalue weighted by atomic mass is 32.2. The number of carbonyl (C=O) groups is 1. The lowest BCUT2D eigenvalue weighted by Gasteiger charge is -2.07. The van der Waals surface area contributed by atoms with Gasteiger partial charge in [-0.05, 0) is 35.4 Å². The number of hydrogen-bond acceptors (Lipinski definition) is 6. The van der Waals surface area contributed by atoms with Crippen molar-refractivity contribution < 1.29 is 30.7 Å². The number of hydrogen-bond donors (Lipinski definition) is 4. The average molecular weight is 398 g/mol. The zero-order chi connectivity index (χ0) is 19.5. The summed E-state index contributed by atoms with van der Waals surface area (Å²) in [6.07, 6.45) is 3.16. The highest BCUT2D eigenvalue weighted by Crippen LogP contribution is 2.24. The van der Waals surface area contributed by atoms with Crippen molar-refractivity contribution in [1.82, 2.24) is 0 Å². The van der Waals surface area contributed by atoms with Crippen LogP contribution in [-0.4, -0.2) is 32.4 Å². The van der Waals surface area contributed by atoms with Crippen LogP contribution in [-0.2, 0) is 25.0 Å². The lowest BCUT2D eigenvalue weighted by Crippen LogP contribution is -2.05. The van der Waals surface area contributed by atoms with Crippen molar-refractivity contribution in [3.8, 4) is 0 Å². The van der Waals surface area contributed by atoms with E-state index in [2.05, 4.69) is 5.32 Å². The first-order valence-electron chi connectivity index (χ1n) is 6.89. The molecule has 138 valence electrons. The topological polar surface area (TPSA) is 164 Å². The summed E-state index contributed by atoms with van der Waals surface area (Å²) in [5.74, 6) is 0. The predicted molar refractivity (Wildman–Crippen MR) is 95.5 cm³/mol. The first-order valence-corrected chi connectivity index (χ1v) is 9.77. The molecule has 1 amide bonds. The van der Waals surface area contributed by atoms with Crippen LogP contribution >= 0.6 is 0 Å². The molecule has 0 fully saturated rings. The fourth-order valence-corrected chi connectivity index (χ4v) is 3.45. The van der Waals surface area contributed by atoms with Crippen molar-refractivity contribution in [3.05, 3.63) is 47.5 Å². The number of amides is 1. The molecule has 0 radical (unpaired) electrons. The molecule has 0 saturated heterocycles. The molecule has 0 spiro atoms. The summed E-state index contributed by atoms with van der Waals surface area (Å²) in [4.78, 5) is 9.56. The van der Waals surface area contributed by atoms with Crippen LogP contribution in [0.4, 0.5) is 11.4 Å². The van der Waals surface area contributed by atoms with Crippen LogP contribution in [0.3, 0.4) is 0 Å². The van der Waals surface area contributed by atoms with Gasteiger partial charge in [0.05, 0.1) is 11.4 Å². The number of rotatable bonds is 6. The molecule has 0 heterocycles. The second-order valence-corrected chi connectivity index (χ2v) is 7.88. The highest BCUT2D eigenvalue weighted by Gasteiger charge is 2.16. The minimum atomic E-state index is -4.58. The Labute approximate surface area is 149 Å². The van der Waals surface area contributed by atoms with Crippen molar-refractivity contribution in [2.45, 2.75) is 9.79 Å². The second kappa shape index (κ2) is 7.25. The van der Waals surface area contributed by atoms with E-state index >= 15 is 0 Å². The first-order chi connectivity index (χ1) is 12.0. The van der Waals surface area contributed by atoms with Gasteiger partial charge >= 0.3 is 0 Å². The maximum absolute atomic E-state index is 11.4. The summed E-state index contributed by atoms with van der Waals surface area (Å²) < 4.78 is 63.7. The Morgan fingerprint density at radius 3 is 1.85 bits per heavy atom. The SMILES string of the molecule is Nc1ccc(C=Cc2ccc(NC=O)c(S(=O)(=O)O)c2)cc1S(=O)(=O)O. The van der Waals surface area contributed by atoms with Crippen LogP contribution < -0.4 is 11.1 Å². The minimum Gasteiger partial charge on any atom is -0.398 e. The fourth-order valence-electron chi connectivity index (χ4n) is 2.11. The molecule has 11 heteroatoms. The van der Waals surface area contributed by atoms with E-state index in [4.69, 9.17) is 10.3 Å². The average Bonchev–Trinajstić information content (AvgIpc) is 2.53. The van der Waals surface area contributed by atoms with E-state index in [1.54, 1.807) is 0 Å². The summed E-state index contributed by atoms with van der Waals surface area (Å²) in [5, 5.41) is 2.16. The van der Waals surface area contributed by atoms with Crippen LogP contribution in [0.2, 0.25) is 0 Å². The van der Waals surface area contributed by atoms with Gasteiger partial charge in [-0.15, -0.1) is 0 Å². The summed E-state index contributed by atoms with van der Waals surface area (Å²) in [5.41, 5.74) is 6.00. The van der Waals surface area contributed by atoms with Gasteiger partial charge in [-0.3, -0.25) is 13.9 Å². The fraction of sp³-hybridized carbons (Fsp3) is 0. The Bertz CT molecular complexity index is 1090. The Morgan fingerprint density at radius 1 is 0.846 bits per heavy atom. The summed E-state index contributed by atoms with van der Waals surface area (Å²) in [6, 6.07) is 7.81. The maximum atomic E-state index is 11.4. The van der Waals surface area contributed by atoms with Crippen molar-refractivity contribution in [1.29, 1.82) is 0 Å². The molecule has 0 unspecified atom stereocenters. The third-order valence-corrected chi connectivity index (χ3v) is 5.08. The van der Waals surface area contributed by atoms with Crippen molar-refractivity contribution in [3.63, 3.8) is 0 Å². The quantitative estimate of drug-likeness (QED) is 0.246. The number of nitrogens with two attached hydrogens (primary N) is 1. The van der Waals surface area contributed by atoms with Gasteiger partial charge in [-0.25, -0.2) is 0 Å². The van der Waals surface area contributed by atoms with Gasteiger partial charge in [0, 0.05) is 0 Å². The van der Waals surface area contributed by atoms with Crippen molar-refractivity contribution in [2.24, 2.45) is 0 Å². The zero-order valence-corrected chi connectivity index (χ0v) is 14.7. The third-order valence-electron chi connectivity index (χ3n) is 3.28. The van der Waals surface area contributed by atoms with Gasteiger partial charge in [-0.2, -0.15) is 16.8 Å². The summed E-state index contributed by atoms with van der Waals surface area (Å²) in [7, 11) is -9.07. The van der Waals surface area contributed by atoms with E-state index in [0.717, 1.165) is 12.1 Å². The van der Waals surface area contributed by atoms with E-state index in [1.807, 2.05) is 0 Å². The molecule has 0 aliphatic rings. The van der Waals surface area contributed by atoms with Crippen LogP contribution in [0.5, 0.6) is 0 Å². The van der Waals surface area contributed by atoms with Crippen molar-refractivity contribution >= 4 is 50.2 Å². The molecule has 0 atom stereocenters. The molecule has 0 aromatic heterocycles. The largest absolute Gasteiger partial charge is 0.398 e. The van der Waals surface area contributed by atoms with E-state index < -0.39 is 30.0 Å². The standard InChI is InChI=1S/C15H14N2O7S2/c16-12-5-3-10(7-14(12)25(19,20)21)1-2-11-4-6-13(17-9-18)15(8-11)26(22,23)24/h1-9H,16H2,(H,17,18)(H,19,20,21)(H,22,23,24). The number of carbonyl (C=O) groups excluding carboxylic acids is 1. The highest BCUT2D eigenvalue weighted by molar-refractivity contribution is 7.86. The van der Waals surface area contributed by atoms with Gasteiger partial charge in [0.15, 0.2) is 0 Å². The van der Waals surface area contributed by atoms with E-state index in [9.17, 15) is 26.2 Å². The molecular weight excluding hydrogens is 384 g/mol. The lowest BCUT2D eigenvalue weighted by molar-refractivity contribution is -0.105. The van der Waals surface area contributed by atoms with E-state index in [-0.39, 0.29) is 17.8 Å².